The molecule has 0 radical (unpaired) electrons. The van der Waals surface area contributed by atoms with Gasteiger partial charge in [-0.2, -0.15) is 0 Å². The van der Waals surface area contributed by atoms with Crippen LogP contribution < -0.4 is 5.73 Å². The molecule has 2 saturated heterocycles. The van der Waals surface area contributed by atoms with Crippen LogP contribution in [0.1, 0.15) is 31.2 Å². The summed E-state index contributed by atoms with van der Waals surface area (Å²) in [5.74, 6) is 0. The molecule has 2 heterocycles. The summed E-state index contributed by atoms with van der Waals surface area (Å²) in [6, 6.07) is 11.3. The van der Waals surface area contributed by atoms with Crippen molar-refractivity contribution >= 4 is 0 Å². The molecule has 16 heavy (non-hydrogen) atoms. The van der Waals surface area contributed by atoms with Crippen molar-refractivity contribution in [2.24, 2.45) is 5.73 Å². The quantitative estimate of drug-likeness (QED) is 0.779. The summed E-state index contributed by atoms with van der Waals surface area (Å²) in [4.78, 5) is 2.59. The largest absolute Gasteiger partial charge is 0.320 e. The lowest BCUT2D eigenvalue weighted by Crippen LogP contribution is -2.57. The van der Waals surface area contributed by atoms with Crippen molar-refractivity contribution in [3.63, 3.8) is 0 Å². The Morgan fingerprint density at radius 2 is 1.88 bits per heavy atom. The van der Waals surface area contributed by atoms with E-state index in [4.69, 9.17) is 5.73 Å². The number of hydrogen-bond acceptors (Lipinski definition) is 2. The van der Waals surface area contributed by atoms with E-state index in [1.807, 2.05) is 0 Å². The first-order chi connectivity index (χ1) is 7.81. The van der Waals surface area contributed by atoms with E-state index in [0.29, 0.717) is 6.04 Å². The lowest BCUT2D eigenvalue weighted by molar-refractivity contribution is 0.106. The third-order valence-electron chi connectivity index (χ3n) is 4.31. The number of benzene rings is 1. The Balaban J connectivity index is 1.96. The average molecular weight is 216 g/mol. The Morgan fingerprint density at radius 3 is 2.69 bits per heavy atom. The molecule has 2 unspecified atom stereocenters. The van der Waals surface area contributed by atoms with Gasteiger partial charge in [-0.1, -0.05) is 30.3 Å². The van der Waals surface area contributed by atoms with Gasteiger partial charge >= 0.3 is 0 Å². The third-order valence-corrected chi connectivity index (χ3v) is 4.31. The van der Waals surface area contributed by atoms with Gasteiger partial charge < -0.3 is 5.73 Å². The summed E-state index contributed by atoms with van der Waals surface area (Å²) in [5, 5.41) is 0. The zero-order valence-electron chi connectivity index (χ0n) is 9.73. The lowest BCUT2D eigenvalue weighted by Gasteiger charge is -2.45. The maximum atomic E-state index is 6.72. The highest BCUT2D eigenvalue weighted by Crippen LogP contribution is 2.39. The number of hydrogen-bond donors (Lipinski definition) is 1. The van der Waals surface area contributed by atoms with Crippen LogP contribution in [0.15, 0.2) is 30.3 Å². The van der Waals surface area contributed by atoms with Gasteiger partial charge in [-0.25, -0.2) is 0 Å². The van der Waals surface area contributed by atoms with Gasteiger partial charge in [0.05, 0.1) is 5.54 Å². The first-order valence-corrected chi connectivity index (χ1v) is 6.39. The first kappa shape index (κ1) is 10.3. The Hall–Kier alpha value is -0.860. The van der Waals surface area contributed by atoms with Crippen molar-refractivity contribution in [3.05, 3.63) is 35.9 Å². The maximum absolute atomic E-state index is 6.72. The van der Waals surface area contributed by atoms with E-state index in [-0.39, 0.29) is 5.54 Å². The van der Waals surface area contributed by atoms with Crippen molar-refractivity contribution in [1.29, 1.82) is 0 Å². The van der Waals surface area contributed by atoms with E-state index >= 15 is 0 Å². The van der Waals surface area contributed by atoms with Gasteiger partial charge in [0.25, 0.3) is 0 Å². The number of piperidine rings is 1. The molecule has 2 heteroatoms. The molecule has 2 N–H and O–H groups in total. The molecule has 2 aliphatic heterocycles. The Bertz CT molecular complexity index is 362. The number of fused-ring (bicyclic) bond motifs is 1. The van der Waals surface area contributed by atoms with Crippen molar-refractivity contribution < 1.29 is 0 Å². The Labute approximate surface area is 97.4 Å². The van der Waals surface area contributed by atoms with Gasteiger partial charge in [0.15, 0.2) is 0 Å². The molecule has 86 valence electrons. The van der Waals surface area contributed by atoms with Crippen molar-refractivity contribution in [2.75, 3.05) is 13.1 Å². The monoisotopic (exact) mass is 216 g/mol. The van der Waals surface area contributed by atoms with E-state index < -0.39 is 0 Å². The molecule has 0 saturated carbocycles. The zero-order chi connectivity index (χ0) is 11.0. The van der Waals surface area contributed by atoms with E-state index in [1.165, 1.54) is 37.9 Å². The summed E-state index contributed by atoms with van der Waals surface area (Å²) in [6.07, 6.45) is 4.96. The summed E-state index contributed by atoms with van der Waals surface area (Å²) in [5.41, 5.74) is 7.95. The molecule has 0 bridgehead atoms. The van der Waals surface area contributed by atoms with Crippen LogP contribution in [0.5, 0.6) is 0 Å². The zero-order valence-corrected chi connectivity index (χ0v) is 9.73. The molecule has 2 atom stereocenters. The van der Waals surface area contributed by atoms with Gasteiger partial charge in [0, 0.05) is 6.04 Å². The molecule has 2 fully saturated rings. The molecule has 3 rings (SSSR count). The molecule has 1 aromatic rings. The van der Waals surface area contributed by atoms with Crippen LogP contribution >= 0.6 is 0 Å². The predicted molar refractivity (Wildman–Crippen MR) is 66.1 cm³/mol. The molecule has 0 aromatic heterocycles. The highest BCUT2D eigenvalue weighted by molar-refractivity contribution is 5.27. The Morgan fingerprint density at radius 1 is 1.12 bits per heavy atom. The van der Waals surface area contributed by atoms with Crippen LogP contribution in [0.25, 0.3) is 0 Å². The van der Waals surface area contributed by atoms with Crippen LogP contribution in [0, 0.1) is 0 Å². The highest BCUT2D eigenvalue weighted by Gasteiger charge is 2.44. The predicted octanol–water partition coefficient (Wildman–Crippen LogP) is 2.10. The molecule has 1 aromatic carbocycles. The van der Waals surface area contributed by atoms with Gasteiger partial charge in [-0.15, -0.1) is 0 Å². The fourth-order valence-corrected chi connectivity index (χ4v) is 3.50. The minimum Gasteiger partial charge on any atom is -0.320 e. The van der Waals surface area contributed by atoms with E-state index in [1.54, 1.807) is 0 Å². The second kappa shape index (κ2) is 3.86. The van der Waals surface area contributed by atoms with Crippen LogP contribution in [-0.4, -0.2) is 24.0 Å². The summed E-state index contributed by atoms with van der Waals surface area (Å²) < 4.78 is 0. The second-order valence-electron chi connectivity index (χ2n) is 5.20. The number of rotatable bonds is 1. The average Bonchev–Trinajstić information content (AvgIpc) is 2.80. The summed E-state index contributed by atoms with van der Waals surface area (Å²) in [6.45, 7) is 2.49. The van der Waals surface area contributed by atoms with Crippen LogP contribution in [-0.2, 0) is 5.54 Å². The van der Waals surface area contributed by atoms with E-state index in [0.717, 1.165) is 6.42 Å². The standard InChI is InChI=1S/C14H20N2/c15-14(12-6-2-1-3-7-12)9-5-11-16-10-4-8-13(14)16/h1-3,6-7,13H,4-5,8-11,15H2. The lowest BCUT2D eigenvalue weighted by atomic mass is 9.76. The summed E-state index contributed by atoms with van der Waals surface area (Å²) >= 11 is 0. The molecule has 0 amide bonds. The second-order valence-corrected chi connectivity index (χ2v) is 5.20. The number of nitrogens with two attached hydrogens (primary N) is 1. The van der Waals surface area contributed by atoms with Crippen LogP contribution in [0.2, 0.25) is 0 Å². The molecular weight excluding hydrogens is 196 g/mol. The van der Waals surface area contributed by atoms with Gasteiger partial charge in [-0.3, -0.25) is 4.90 Å². The maximum Gasteiger partial charge on any atom is 0.0567 e. The first-order valence-electron chi connectivity index (χ1n) is 6.39. The smallest absolute Gasteiger partial charge is 0.0567 e. The molecule has 0 aliphatic carbocycles. The highest BCUT2D eigenvalue weighted by atomic mass is 15.2. The minimum atomic E-state index is -0.101. The van der Waals surface area contributed by atoms with Crippen molar-refractivity contribution in [1.82, 2.24) is 4.90 Å². The van der Waals surface area contributed by atoms with Crippen molar-refractivity contribution in [2.45, 2.75) is 37.3 Å². The van der Waals surface area contributed by atoms with E-state index in [2.05, 4.69) is 35.2 Å². The topological polar surface area (TPSA) is 29.3 Å². The fourth-order valence-electron chi connectivity index (χ4n) is 3.50. The van der Waals surface area contributed by atoms with Crippen LogP contribution in [0.4, 0.5) is 0 Å². The fraction of sp³-hybridized carbons (Fsp3) is 0.571. The SMILES string of the molecule is NC1(c2ccccc2)CCCN2CCCC21. The summed E-state index contributed by atoms with van der Waals surface area (Å²) in [7, 11) is 0. The normalized spacial score (nSPS) is 34.9. The van der Waals surface area contributed by atoms with E-state index in [9.17, 15) is 0 Å². The third kappa shape index (κ3) is 1.48. The number of nitrogens with zero attached hydrogens (tertiary/aromatic N) is 1. The van der Waals surface area contributed by atoms with Gasteiger partial charge in [0.2, 0.25) is 0 Å². The molecule has 2 aliphatic rings. The van der Waals surface area contributed by atoms with Crippen LogP contribution in [0.3, 0.4) is 0 Å². The Kier molecular flexibility index (Phi) is 2.49. The van der Waals surface area contributed by atoms with Crippen molar-refractivity contribution in [3.8, 4) is 0 Å². The molecular formula is C14H20N2. The van der Waals surface area contributed by atoms with Gasteiger partial charge in [-0.05, 0) is 44.3 Å². The van der Waals surface area contributed by atoms with Gasteiger partial charge in [0.1, 0.15) is 0 Å². The molecule has 2 nitrogen and oxygen atoms in total. The minimum absolute atomic E-state index is 0.101. The molecule has 0 spiro atoms.